The van der Waals surface area contributed by atoms with Gasteiger partial charge in [0.1, 0.15) is 0 Å². The lowest BCUT2D eigenvalue weighted by molar-refractivity contribution is -0.0649. The van der Waals surface area contributed by atoms with Crippen molar-refractivity contribution in [2.75, 3.05) is 6.61 Å². The van der Waals surface area contributed by atoms with Gasteiger partial charge in [0.25, 0.3) is 0 Å². The van der Waals surface area contributed by atoms with E-state index in [0.29, 0.717) is 64.2 Å². The van der Waals surface area contributed by atoms with E-state index in [9.17, 15) is 30.6 Å². The zero-order valence-corrected chi connectivity index (χ0v) is 35.4. The van der Waals surface area contributed by atoms with E-state index < -0.39 is 34.1 Å². The van der Waals surface area contributed by atoms with Gasteiger partial charge in [-0.1, -0.05) is 46.6 Å². The van der Waals surface area contributed by atoms with E-state index in [1.165, 1.54) is 22.3 Å². The van der Waals surface area contributed by atoms with Crippen LogP contribution in [0.3, 0.4) is 0 Å². The first-order valence-corrected chi connectivity index (χ1v) is 20.4. The van der Waals surface area contributed by atoms with Gasteiger partial charge >= 0.3 is 0 Å². The minimum absolute atomic E-state index is 0.122. The summed E-state index contributed by atoms with van der Waals surface area (Å²) in [5.41, 5.74) is 0.804. The predicted molar refractivity (Wildman–Crippen MR) is 219 cm³/mol. The Morgan fingerprint density at radius 2 is 0.731 bits per heavy atom. The molecule has 0 saturated heterocycles. The lowest BCUT2D eigenvalue weighted by Crippen LogP contribution is -2.38. The summed E-state index contributed by atoms with van der Waals surface area (Å²) in [5, 5.41) is 72.6. The lowest BCUT2D eigenvalue weighted by Gasteiger charge is -2.31. The van der Waals surface area contributed by atoms with Gasteiger partial charge < -0.3 is 35.7 Å². The standard InChI is InChI=1S/C45H84O7/c1-36(18-11-19-37(2)21-13-23-39(4)26-35-46)20-12-22-38(3)24-14-27-42(7,49)28-15-29-43(8,50)30-16-31-44(9,51)32-17-33-45(10,52)34-25-40(47)41(5,6)48/h18,21-22,26,40,46-52H,11-17,19-20,23-25,27-35H2,1-10H3/b36-18+,37-21+,38-22+,39-26+/t40-,42+,43+,44-,45+/m1/s1. The molecule has 52 heavy (non-hydrogen) atoms. The summed E-state index contributed by atoms with van der Waals surface area (Å²) in [6.45, 7) is 19.2. The number of allylic oxidation sites excluding steroid dienone is 7. The fourth-order valence-electron chi connectivity index (χ4n) is 6.80. The Balaban J connectivity index is 4.33. The molecule has 7 nitrogen and oxygen atoms in total. The van der Waals surface area contributed by atoms with E-state index in [1.54, 1.807) is 20.8 Å². The third-order valence-corrected chi connectivity index (χ3v) is 10.9. The minimum Gasteiger partial charge on any atom is -0.392 e. The molecule has 0 aliphatic carbocycles. The number of aliphatic hydroxyl groups is 7. The van der Waals surface area contributed by atoms with Crippen LogP contribution in [0.25, 0.3) is 0 Å². The average Bonchev–Trinajstić information content (AvgIpc) is 2.98. The Morgan fingerprint density at radius 1 is 0.442 bits per heavy atom. The van der Waals surface area contributed by atoms with Crippen molar-refractivity contribution < 1.29 is 35.7 Å². The molecule has 5 atom stereocenters. The molecule has 0 fully saturated rings. The van der Waals surface area contributed by atoms with E-state index in [4.69, 9.17) is 5.11 Å². The van der Waals surface area contributed by atoms with Crippen LogP contribution in [0, 0.1) is 0 Å². The summed E-state index contributed by atoms with van der Waals surface area (Å²) in [7, 11) is 0. The summed E-state index contributed by atoms with van der Waals surface area (Å²) in [4.78, 5) is 0. The quantitative estimate of drug-likeness (QED) is 0.0364. The number of rotatable bonds is 30. The van der Waals surface area contributed by atoms with Crippen molar-refractivity contribution in [3.8, 4) is 0 Å². The van der Waals surface area contributed by atoms with Crippen LogP contribution in [-0.4, -0.2) is 76.5 Å². The van der Waals surface area contributed by atoms with Crippen molar-refractivity contribution in [2.45, 2.75) is 232 Å². The van der Waals surface area contributed by atoms with Gasteiger partial charge in [-0.2, -0.15) is 0 Å². The normalized spacial score (nSPS) is 19.2. The average molecular weight is 737 g/mol. The molecule has 0 saturated carbocycles. The summed E-state index contributed by atoms with van der Waals surface area (Å²) < 4.78 is 0. The van der Waals surface area contributed by atoms with Gasteiger partial charge in [0.05, 0.1) is 40.7 Å². The van der Waals surface area contributed by atoms with Gasteiger partial charge in [0.15, 0.2) is 0 Å². The van der Waals surface area contributed by atoms with Crippen molar-refractivity contribution in [1.29, 1.82) is 0 Å². The van der Waals surface area contributed by atoms with Crippen molar-refractivity contribution in [1.82, 2.24) is 0 Å². The van der Waals surface area contributed by atoms with Gasteiger partial charge in [-0.05, 0) is 198 Å². The largest absolute Gasteiger partial charge is 0.392 e. The fraction of sp³-hybridized carbons (Fsp3) is 0.822. The Morgan fingerprint density at radius 3 is 1.06 bits per heavy atom. The van der Waals surface area contributed by atoms with Crippen LogP contribution in [0.15, 0.2) is 46.6 Å². The SMILES string of the molecule is C/C(=C\CO)CC/C=C(\C)CC/C=C(\C)CC/C=C(\C)CCC[C@](C)(O)CCC[C@](C)(O)CCC[C@@](C)(O)CCC[C@](C)(O)CC[C@@H](O)C(C)(C)O. The highest BCUT2D eigenvalue weighted by Gasteiger charge is 2.30. The zero-order chi connectivity index (χ0) is 40.1. The molecule has 0 bridgehead atoms. The Bertz CT molecular complexity index is 1090. The minimum atomic E-state index is -1.20. The highest BCUT2D eigenvalue weighted by Crippen LogP contribution is 2.30. The fourth-order valence-corrected chi connectivity index (χ4v) is 6.80. The molecule has 306 valence electrons. The third-order valence-electron chi connectivity index (χ3n) is 10.9. The molecule has 7 heteroatoms. The molecular formula is C45H84O7. The van der Waals surface area contributed by atoms with Crippen molar-refractivity contribution >= 4 is 0 Å². The van der Waals surface area contributed by atoms with Crippen LogP contribution >= 0.6 is 0 Å². The molecule has 0 amide bonds. The monoisotopic (exact) mass is 737 g/mol. The maximum absolute atomic E-state index is 11.0. The number of hydrogen-bond acceptors (Lipinski definition) is 7. The van der Waals surface area contributed by atoms with Crippen LogP contribution in [0.2, 0.25) is 0 Å². The first-order chi connectivity index (χ1) is 23.9. The van der Waals surface area contributed by atoms with E-state index in [-0.39, 0.29) is 6.61 Å². The first kappa shape index (κ1) is 50.7. The molecule has 0 aromatic heterocycles. The Hall–Kier alpha value is -1.32. The molecule has 0 aliphatic heterocycles. The van der Waals surface area contributed by atoms with Crippen LogP contribution in [-0.2, 0) is 0 Å². The number of aliphatic hydroxyl groups excluding tert-OH is 2. The van der Waals surface area contributed by atoms with E-state index in [2.05, 4.69) is 45.9 Å². The van der Waals surface area contributed by atoms with Crippen LogP contribution < -0.4 is 0 Å². The maximum atomic E-state index is 11.0. The highest BCUT2D eigenvalue weighted by atomic mass is 16.3. The Kier molecular flexibility index (Phi) is 24.3. The van der Waals surface area contributed by atoms with Crippen molar-refractivity contribution in [3.63, 3.8) is 0 Å². The molecule has 0 heterocycles. The smallest absolute Gasteiger partial charge is 0.0849 e. The van der Waals surface area contributed by atoms with Crippen LogP contribution in [0.4, 0.5) is 0 Å². The third kappa shape index (κ3) is 28.2. The molecule has 0 radical (unpaired) electrons. The number of hydrogen-bond donors (Lipinski definition) is 7. The topological polar surface area (TPSA) is 142 Å². The maximum Gasteiger partial charge on any atom is 0.0849 e. The highest BCUT2D eigenvalue weighted by molar-refractivity contribution is 5.07. The van der Waals surface area contributed by atoms with Gasteiger partial charge in [-0.25, -0.2) is 0 Å². The summed E-state index contributed by atoms with van der Waals surface area (Å²) in [6.07, 6.45) is 23.1. The second kappa shape index (κ2) is 25.0. The van der Waals surface area contributed by atoms with Crippen LogP contribution in [0.1, 0.15) is 198 Å². The first-order valence-electron chi connectivity index (χ1n) is 20.4. The second-order valence-corrected chi connectivity index (χ2v) is 18.1. The molecule has 0 aliphatic rings. The molecule has 7 N–H and O–H groups in total. The van der Waals surface area contributed by atoms with E-state index in [0.717, 1.165) is 64.2 Å². The zero-order valence-electron chi connectivity index (χ0n) is 35.4. The molecule has 0 aromatic rings. The van der Waals surface area contributed by atoms with Gasteiger partial charge in [-0.15, -0.1) is 0 Å². The van der Waals surface area contributed by atoms with Crippen molar-refractivity contribution in [2.24, 2.45) is 0 Å². The Labute approximate surface area is 320 Å². The molecule has 0 rings (SSSR count). The predicted octanol–water partition coefficient (Wildman–Crippen LogP) is 9.70. The molecular weight excluding hydrogens is 652 g/mol. The van der Waals surface area contributed by atoms with Gasteiger partial charge in [-0.3, -0.25) is 0 Å². The second-order valence-electron chi connectivity index (χ2n) is 18.1. The van der Waals surface area contributed by atoms with E-state index in [1.807, 2.05) is 26.8 Å². The van der Waals surface area contributed by atoms with Gasteiger partial charge in [0, 0.05) is 0 Å². The molecule has 0 spiro atoms. The summed E-state index contributed by atoms with van der Waals surface area (Å²) in [5.74, 6) is 0. The molecule has 0 aromatic carbocycles. The van der Waals surface area contributed by atoms with Crippen LogP contribution in [0.5, 0.6) is 0 Å². The molecule has 0 unspecified atom stereocenters. The lowest BCUT2D eigenvalue weighted by atomic mass is 9.84. The summed E-state index contributed by atoms with van der Waals surface area (Å²) >= 11 is 0. The summed E-state index contributed by atoms with van der Waals surface area (Å²) in [6, 6.07) is 0. The van der Waals surface area contributed by atoms with Gasteiger partial charge in [0.2, 0.25) is 0 Å². The van der Waals surface area contributed by atoms with Crippen molar-refractivity contribution in [3.05, 3.63) is 46.6 Å². The van der Waals surface area contributed by atoms with E-state index >= 15 is 0 Å².